The molecule has 2 aromatic rings. The van der Waals surface area contributed by atoms with E-state index in [0.29, 0.717) is 11.4 Å². The number of nitrogens with zero attached hydrogens (tertiary/aromatic N) is 1. The van der Waals surface area contributed by atoms with Crippen LogP contribution < -0.4 is 9.46 Å². The Morgan fingerprint density at radius 1 is 1.24 bits per heavy atom. The summed E-state index contributed by atoms with van der Waals surface area (Å²) in [6.45, 7) is 1.88. The molecule has 1 heterocycles. The summed E-state index contributed by atoms with van der Waals surface area (Å²) >= 11 is 3.30. The SMILES string of the molecule is COc1ccccc1CNS(=O)(=O)c1ccc(Br)c(C)n1. The minimum atomic E-state index is -3.66. The van der Waals surface area contributed by atoms with Gasteiger partial charge in [-0.1, -0.05) is 18.2 Å². The molecular weight excluding hydrogens is 356 g/mol. The zero-order chi connectivity index (χ0) is 15.5. The van der Waals surface area contributed by atoms with Gasteiger partial charge in [-0.05, 0) is 41.1 Å². The van der Waals surface area contributed by atoms with Gasteiger partial charge < -0.3 is 4.74 Å². The molecule has 0 aliphatic carbocycles. The molecule has 0 bridgehead atoms. The van der Waals surface area contributed by atoms with E-state index >= 15 is 0 Å². The molecule has 0 fully saturated rings. The van der Waals surface area contributed by atoms with Crippen LogP contribution in [0.15, 0.2) is 45.9 Å². The average Bonchev–Trinajstić information content (AvgIpc) is 2.48. The van der Waals surface area contributed by atoms with Crippen molar-refractivity contribution >= 4 is 26.0 Å². The van der Waals surface area contributed by atoms with Gasteiger partial charge in [-0.15, -0.1) is 0 Å². The molecule has 0 aliphatic heterocycles. The van der Waals surface area contributed by atoms with Crippen LogP contribution in [-0.4, -0.2) is 20.5 Å². The second kappa shape index (κ2) is 6.55. The number of nitrogens with one attached hydrogen (secondary N) is 1. The summed E-state index contributed by atoms with van der Waals surface area (Å²) in [5.41, 5.74) is 1.38. The number of ether oxygens (including phenoxy) is 1. The van der Waals surface area contributed by atoms with Crippen molar-refractivity contribution in [3.63, 3.8) is 0 Å². The summed E-state index contributed by atoms with van der Waals surface area (Å²) in [6, 6.07) is 10.4. The predicted octanol–water partition coefficient (Wildman–Crippen LogP) is 2.64. The van der Waals surface area contributed by atoms with E-state index in [1.165, 1.54) is 6.07 Å². The van der Waals surface area contributed by atoms with E-state index in [1.54, 1.807) is 26.2 Å². The third kappa shape index (κ3) is 3.81. The van der Waals surface area contributed by atoms with Crippen LogP contribution in [0, 0.1) is 6.92 Å². The van der Waals surface area contributed by atoms with Crippen molar-refractivity contribution < 1.29 is 13.2 Å². The fourth-order valence-electron chi connectivity index (χ4n) is 1.77. The van der Waals surface area contributed by atoms with Crippen LogP contribution in [0.5, 0.6) is 5.75 Å². The number of aromatic nitrogens is 1. The Bertz CT molecular complexity index is 748. The molecule has 7 heteroatoms. The summed E-state index contributed by atoms with van der Waals surface area (Å²) in [5, 5.41) is -0.00176. The molecule has 0 radical (unpaired) electrons. The molecule has 1 aromatic heterocycles. The highest BCUT2D eigenvalue weighted by Crippen LogP contribution is 2.19. The van der Waals surface area contributed by atoms with E-state index in [2.05, 4.69) is 25.6 Å². The molecule has 0 unspecified atom stereocenters. The Morgan fingerprint density at radius 2 is 1.95 bits per heavy atom. The number of hydrogen-bond donors (Lipinski definition) is 1. The average molecular weight is 371 g/mol. The maximum atomic E-state index is 12.2. The van der Waals surface area contributed by atoms with E-state index in [-0.39, 0.29) is 11.6 Å². The van der Waals surface area contributed by atoms with Crippen LogP contribution in [0.2, 0.25) is 0 Å². The number of sulfonamides is 1. The van der Waals surface area contributed by atoms with Crippen molar-refractivity contribution in [2.45, 2.75) is 18.5 Å². The van der Waals surface area contributed by atoms with Crippen molar-refractivity contribution in [3.05, 3.63) is 52.1 Å². The van der Waals surface area contributed by atoms with Crippen molar-refractivity contribution in [1.82, 2.24) is 9.71 Å². The van der Waals surface area contributed by atoms with E-state index in [4.69, 9.17) is 4.74 Å². The largest absolute Gasteiger partial charge is 0.496 e. The Morgan fingerprint density at radius 3 is 2.62 bits per heavy atom. The normalized spacial score (nSPS) is 11.4. The Hall–Kier alpha value is -1.44. The lowest BCUT2D eigenvalue weighted by Crippen LogP contribution is -2.24. The van der Waals surface area contributed by atoms with Crippen LogP contribution in [-0.2, 0) is 16.6 Å². The van der Waals surface area contributed by atoms with Crippen molar-refractivity contribution in [1.29, 1.82) is 0 Å². The highest BCUT2D eigenvalue weighted by molar-refractivity contribution is 9.10. The standard InChI is InChI=1S/C14H15BrN2O3S/c1-10-12(15)7-8-14(17-10)21(18,19)16-9-11-5-3-4-6-13(11)20-2/h3-8,16H,9H2,1-2H3. The van der Waals surface area contributed by atoms with Crippen LogP contribution in [0.3, 0.4) is 0 Å². The van der Waals surface area contributed by atoms with Gasteiger partial charge in [-0.2, -0.15) is 0 Å². The second-order valence-electron chi connectivity index (χ2n) is 4.35. The molecular formula is C14H15BrN2O3S. The molecule has 0 saturated heterocycles. The molecule has 2 rings (SSSR count). The highest BCUT2D eigenvalue weighted by Gasteiger charge is 2.17. The molecule has 0 aliphatic rings. The summed E-state index contributed by atoms with van der Waals surface area (Å²) in [6.07, 6.45) is 0. The molecule has 21 heavy (non-hydrogen) atoms. The first-order chi connectivity index (χ1) is 9.94. The van der Waals surface area contributed by atoms with E-state index in [0.717, 1.165) is 10.0 Å². The number of benzene rings is 1. The van der Waals surface area contributed by atoms with E-state index in [9.17, 15) is 8.42 Å². The molecule has 0 saturated carbocycles. The second-order valence-corrected chi connectivity index (χ2v) is 6.92. The van der Waals surface area contributed by atoms with Gasteiger partial charge in [0.2, 0.25) is 0 Å². The van der Waals surface area contributed by atoms with E-state index in [1.807, 2.05) is 18.2 Å². The smallest absolute Gasteiger partial charge is 0.258 e. The zero-order valence-electron chi connectivity index (χ0n) is 11.6. The number of aryl methyl sites for hydroxylation is 1. The van der Waals surface area contributed by atoms with Crippen LogP contribution in [0.25, 0.3) is 0 Å². The van der Waals surface area contributed by atoms with Crippen molar-refractivity contribution in [3.8, 4) is 5.75 Å². The molecule has 1 N–H and O–H groups in total. The topological polar surface area (TPSA) is 68.3 Å². The first-order valence-corrected chi connectivity index (χ1v) is 8.46. The number of rotatable bonds is 5. The van der Waals surface area contributed by atoms with Gasteiger partial charge >= 0.3 is 0 Å². The van der Waals surface area contributed by atoms with Crippen molar-refractivity contribution in [2.24, 2.45) is 0 Å². The van der Waals surface area contributed by atoms with E-state index < -0.39 is 10.0 Å². The van der Waals surface area contributed by atoms with Gasteiger partial charge in [0.15, 0.2) is 5.03 Å². The van der Waals surface area contributed by atoms with Gasteiger partial charge in [0.25, 0.3) is 10.0 Å². The lowest BCUT2D eigenvalue weighted by Gasteiger charge is -2.10. The third-order valence-corrected chi connectivity index (χ3v) is 5.06. The zero-order valence-corrected chi connectivity index (χ0v) is 14.0. The van der Waals surface area contributed by atoms with Crippen LogP contribution in [0.4, 0.5) is 0 Å². The minimum absolute atomic E-state index is 0.00176. The summed E-state index contributed by atoms with van der Waals surface area (Å²) in [7, 11) is -2.11. The molecule has 0 amide bonds. The van der Waals surface area contributed by atoms with Gasteiger partial charge in [0.05, 0.1) is 12.8 Å². The number of para-hydroxylation sites is 1. The number of methoxy groups -OCH3 is 1. The first-order valence-electron chi connectivity index (χ1n) is 6.19. The summed E-state index contributed by atoms with van der Waals surface area (Å²) < 4.78 is 33.0. The molecule has 0 atom stereocenters. The predicted molar refractivity (Wildman–Crippen MR) is 83.7 cm³/mol. The highest BCUT2D eigenvalue weighted by atomic mass is 79.9. The molecule has 0 spiro atoms. The summed E-state index contributed by atoms with van der Waals surface area (Å²) in [4.78, 5) is 4.07. The van der Waals surface area contributed by atoms with Gasteiger partial charge in [-0.3, -0.25) is 0 Å². The third-order valence-electron chi connectivity index (χ3n) is 2.92. The molecule has 1 aromatic carbocycles. The lowest BCUT2D eigenvalue weighted by molar-refractivity contribution is 0.409. The Balaban J connectivity index is 2.20. The molecule has 5 nitrogen and oxygen atoms in total. The molecule has 112 valence electrons. The number of pyridine rings is 1. The van der Waals surface area contributed by atoms with Crippen LogP contribution >= 0.6 is 15.9 Å². The quantitative estimate of drug-likeness (QED) is 0.878. The summed E-state index contributed by atoms with van der Waals surface area (Å²) in [5.74, 6) is 0.639. The Labute approximate surface area is 132 Å². The lowest BCUT2D eigenvalue weighted by atomic mass is 10.2. The minimum Gasteiger partial charge on any atom is -0.496 e. The Kier molecular flexibility index (Phi) is 4.97. The maximum absolute atomic E-state index is 12.2. The van der Waals surface area contributed by atoms with Crippen LogP contribution in [0.1, 0.15) is 11.3 Å². The fraction of sp³-hybridized carbons (Fsp3) is 0.214. The maximum Gasteiger partial charge on any atom is 0.258 e. The number of halogens is 1. The van der Waals surface area contributed by atoms with Gasteiger partial charge in [0, 0.05) is 16.6 Å². The first kappa shape index (κ1) is 15.9. The van der Waals surface area contributed by atoms with Crippen molar-refractivity contribution in [2.75, 3.05) is 7.11 Å². The van der Waals surface area contributed by atoms with Gasteiger partial charge in [-0.25, -0.2) is 18.1 Å². The fourth-order valence-corrected chi connectivity index (χ4v) is 2.98. The number of hydrogen-bond acceptors (Lipinski definition) is 4. The van der Waals surface area contributed by atoms with Gasteiger partial charge in [0.1, 0.15) is 5.75 Å². The monoisotopic (exact) mass is 370 g/mol.